The molecule has 0 radical (unpaired) electrons. The number of carbonyl (C=O) groups excluding carboxylic acids is 1. The normalized spacial score (nSPS) is 12.2. The van der Waals surface area contributed by atoms with E-state index >= 15 is 0 Å². The zero-order valence-corrected chi connectivity index (χ0v) is 33.9. The summed E-state index contributed by atoms with van der Waals surface area (Å²) in [4.78, 5) is 11.0. The van der Waals surface area contributed by atoms with Gasteiger partial charge in [-0.25, -0.2) is 0 Å². The molecule has 0 saturated carbocycles. The summed E-state index contributed by atoms with van der Waals surface area (Å²) in [6, 6.07) is 24.4. The summed E-state index contributed by atoms with van der Waals surface area (Å²) >= 11 is 0. The van der Waals surface area contributed by atoms with Gasteiger partial charge in [0, 0.05) is 5.56 Å². The van der Waals surface area contributed by atoms with Gasteiger partial charge in [-0.3, -0.25) is 4.79 Å². The number of aliphatic hydroxyl groups is 1. The predicted molar refractivity (Wildman–Crippen MR) is 210 cm³/mol. The fourth-order valence-electron chi connectivity index (χ4n) is 5.36. The lowest BCUT2D eigenvalue weighted by Crippen LogP contribution is -2.43. The van der Waals surface area contributed by atoms with E-state index in [0.29, 0.717) is 5.56 Å². The Hall–Kier alpha value is -3.46. The van der Waals surface area contributed by atoms with E-state index < -0.39 is 16.6 Å². The third-order valence-electron chi connectivity index (χ3n) is 10.1. The first-order valence-electron chi connectivity index (χ1n) is 17.0. The minimum Gasteiger partial charge on any atom is -0.543 e. The number of aryl methyl sites for hydroxylation is 4. The molecule has 0 heterocycles. The summed E-state index contributed by atoms with van der Waals surface area (Å²) < 4.78 is 12.9. The van der Waals surface area contributed by atoms with Crippen LogP contribution < -0.4 is 8.85 Å². The van der Waals surface area contributed by atoms with E-state index in [1.807, 2.05) is 30.3 Å². The molecular weight excluding hydrogens is 625 g/mol. The van der Waals surface area contributed by atoms with E-state index in [0.717, 1.165) is 34.5 Å². The highest BCUT2D eigenvalue weighted by Gasteiger charge is 2.40. The zero-order valence-electron chi connectivity index (χ0n) is 31.9. The van der Waals surface area contributed by atoms with E-state index in [1.54, 1.807) is 0 Å². The lowest BCUT2D eigenvalue weighted by molar-refractivity contribution is 0.112. The molecule has 48 heavy (non-hydrogen) atoms. The van der Waals surface area contributed by atoms with Gasteiger partial charge in [0.05, 0.1) is 6.61 Å². The topological polar surface area (TPSA) is 55.8 Å². The van der Waals surface area contributed by atoms with Crippen molar-refractivity contribution in [3.63, 3.8) is 0 Å². The minimum absolute atomic E-state index is 0.0680. The van der Waals surface area contributed by atoms with Crippen LogP contribution >= 0.6 is 0 Å². The summed E-state index contributed by atoms with van der Waals surface area (Å²) in [7, 11) is -3.69. The van der Waals surface area contributed by atoms with Gasteiger partial charge in [0.25, 0.3) is 0 Å². The van der Waals surface area contributed by atoms with Gasteiger partial charge in [-0.1, -0.05) is 77.9 Å². The lowest BCUT2D eigenvalue weighted by Gasteiger charge is -2.36. The van der Waals surface area contributed by atoms with Crippen molar-refractivity contribution < 1.29 is 18.8 Å². The van der Waals surface area contributed by atoms with Crippen LogP contribution in [-0.4, -0.2) is 28.0 Å². The summed E-state index contributed by atoms with van der Waals surface area (Å²) in [6.07, 6.45) is 0.892. The van der Waals surface area contributed by atoms with Crippen LogP contribution in [0.15, 0.2) is 72.8 Å². The molecule has 0 bridgehead atoms. The molecule has 0 aliphatic carbocycles. The molecule has 0 unspecified atom stereocenters. The third kappa shape index (κ3) is 9.37. The van der Waals surface area contributed by atoms with Crippen LogP contribution in [0.5, 0.6) is 11.5 Å². The highest BCUT2D eigenvalue weighted by Crippen LogP contribution is 2.40. The average Bonchev–Trinajstić information content (AvgIpc) is 2.95. The van der Waals surface area contributed by atoms with Crippen LogP contribution in [0.3, 0.4) is 0 Å². The smallest absolute Gasteiger partial charge is 0.250 e. The van der Waals surface area contributed by atoms with Gasteiger partial charge in [-0.15, -0.1) is 0 Å². The minimum atomic E-state index is -1.85. The van der Waals surface area contributed by atoms with Gasteiger partial charge >= 0.3 is 0 Å². The second-order valence-corrected chi connectivity index (χ2v) is 25.6. The number of aldehydes is 1. The van der Waals surface area contributed by atoms with E-state index in [1.165, 1.54) is 33.4 Å². The van der Waals surface area contributed by atoms with E-state index in [4.69, 9.17) is 8.85 Å². The molecule has 4 aromatic rings. The molecule has 0 saturated heterocycles. The first-order chi connectivity index (χ1) is 22.1. The molecule has 6 heteroatoms. The van der Waals surface area contributed by atoms with Crippen molar-refractivity contribution in [3.8, 4) is 33.8 Å². The Morgan fingerprint density at radius 3 is 1.33 bits per heavy atom. The Balaban J connectivity index is 0.000000260. The molecule has 4 nitrogen and oxygen atoms in total. The number of rotatable bonds is 8. The lowest BCUT2D eigenvalue weighted by atomic mass is 9.94. The molecule has 4 rings (SSSR count). The summed E-state index contributed by atoms with van der Waals surface area (Å²) in [5.74, 6) is 1.92. The van der Waals surface area contributed by atoms with Crippen molar-refractivity contribution in [3.05, 3.63) is 106 Å². The molecular formula is C42H58O4Si2. The predicted octanol–water partition coefficient (Wildman–Crippen LogP) is 12.0. The van der Waals surface area contributed by atoms with Crippen LogP contribution in [0, 0.1) is 27.7 Å². The maximum absolute atomic E-state index is 11.0. The summed E-state index contributed by atoms with van der Waals surface area (Å²) in [5, 5.41) is 9.74. The molecule has 258 valence electrons. The molecule has 0 fully saturated rings. The van der Waals surface area contributed by atoms with Gasteiger partial charge in [-0.2, -0.15) is 0 Å². The number of carbonyl (C=O) groups is 1. The number of benzene rings is 4. The van der Waals surface area contributed by atoms with Crippen LogP contribution in [0.25, 0.3) is 22.3 Å². The second-order valence-electron chi connectivity index (χ2n) is 16.2. The highest BCUT2D eigenvalue weighted by atomic mass is 28.4. The Bertz CT molecular complexity index is 1690. The zero-order chi connectivity index (χ0) is 36.2. The SMILES string of the molecule is Cc1cc(O[Si](C)(C)C(C)(C)C)cc(C)c1-c1cccc(C=O)c1.Cc1cc(O[Si](C)(C)C(C)(C)C)cc(C)c1-c1cccc(CO)c1. The van der Waals surface area contributed by atoms with E-state index in [9.17, 15) is 9.90 Å². The van der Waals surface area contributed by atoms with Crippen LogP contribution in [0.4, 0.5) is 0 Å². The molecule has 0 aliphatic heterocycles. The van der Waals surface area contributed by atoms with Crippen molar-refractivity contribution in [1.29, 1.82) is 0 Å². The van der Waals surface area contributed by atoms with Crippen molar-refractivity contribution in [1.82, 2.24) is 0 Å². The molecule has 4 aromatic carbocycles. The van der Waals surface area contributed by atoms with Gasteiger partial charge in [-0.05, 0) is 150 Å². The average molecular weight is 683 g/mol. The third-order valence-corrected chi connectivity index (χ3v) is 18.8. The Kier molecular flexibility index (Phi) is 12.2. The fraction of sp³-hybridized carbons (Fsp3) is 0.405. The summed E-state index contributed by atoms with van der Waals surface area (Å²) in [6.45, 7) is 31.1. The largest absolute Gasteiger partial charge is 0.543 e. The van der Waals surface area contributed by atoms with Crippen LogP contribution in [-0.2, 0) is 6.61 Å². The van der Waals surface area contributed by atoms with Crippen molar-refractivity contribution >= 4 is 22.9 Å². The molecule has 0 spiro atoms. The van der Waals surface area contributed by atoms with Crippen molar-refractivity contribution in [2.75, 3.05) is 0 Å². The maximum Gasteiger partial charge on any atom is 0.250 e. The second kappa shape index (κ2) is 15.0. The number of hydrogen-bond acceptors (Lipinski definition) is 4. The van der Waals surface area contributed by atoms with Crippen molar-refractivity contribution in [2.45, 2.75) is 112 Å². The monoisotopic (exact) mass is 682 g/mol. The number of aliphatic hydroxyl groups excluding tert-OH is 1. The Labute approximate surface area is 292 Å². The number of hydrogen-bond donors (Lipinski definition) is 1. The van der Waals surface area contributed by atoms with E-state index in [-0.39, 0.29) is 16.7 Å². The maximum atomic E-state index is 11.0. The first-order valence-corrected chi connectivity index (χ1v) is 22.8. The summed E-state index contributed by atoms with van der Waals surface area (Å²) in [5.41, 5.74) is 11.0. The Morgan fingerprint density at radius 1 is 0.604 bits per heavy atom. The molecule has 0 aliphatic rings. The molecule has 0 amide bonds. The quantitative estimate of drug-likeness (QED) is 0.148. The van der Waals surface area contributed by atoms with Gasteiger partial charge in [0.2, 0.25) is 16.6 Å². The van der Waals surface area contributed by atoms with Crippen LogP contribution in [0.1, 0.15) is 79.7 Å². The molecule has 0 aromatic heterocycles. The van der Waals surface area contributed by atoms with Gasteiger partial charge in [0.15, 0.2) is 0 Å². The van der Waals surface area contributed by atoms with Crippen LogP contribution in [0.2, 0.25) is 36.3 Å². The van der Waals surface area contributed by atoms with E-state index in [2.05, 4.69) is 138 Å². The fourth-order valence-corrected chi connectivity index (χ4v) is 7.39. The standard InChI is InChI=1S/C21H30O2Si.C21H28O2Si/c2*1-15-11-19(23-24(6,7)21(3,4)5)12-16(2)20(15)18-10-8-9-17(13-18)14-22/h8-13,22H,14H2,1-7H3;8-14H,1-7H3. The van der Waals surface area contributed by atoms with Gasteiger partial charge < -0.3 is 14.0 Å². The molecule has 1 N–H and O–H groups in total. The Morgan fingerprint density at radius 2 is 0.979 bits per heavy atom. The molecule has 0 atom stereocenters. The highest BCUT2D eigenvalue weighted by molar-refractivity contribution is 6.75. The first kappa shape index (κ1) is 39.0. The van der Waals surface area contributed by atoms with Gasteiger partial charge in [0.1, 0.15) is 17.8 Å². The van der Waals surface area contributed by atoms with Crippen molar-refractivity contribution in [2.24, 2.45) is 0 Å².